The molecule has 2 rings (SSSR count). The molecule has 116 valence electrons. The average Bonchev–Trinajstić information content (AvgIpc) is 2.83. The van der Waals surface area contributed by atoms with Gasteiger partial charge in [0.15, 0.2) is 0 Å². The van der Waals surface area contributed by atoms with Crippen molar-refractivity contribution in [2.24, 2.45) is 11.1 Å². The Hall–Kier alpha value is -1.62. The summed E-state index contributed by atoms with van der Waals surface area (Å²) >= 11 is 0. The third-order valence-electron chi connectivity index (χ3n) is 4.19. The van der Waals surface area contributed by atoms with E-state index in [0.29, 0.717) is 13.1 Å². The van der Waals surface area contributed by atoms with Crippen LogP contribution in [0.5, 0.6) is 0 Å². The minimum atomic E-state index is -0.498. The lowest BCUT2D eigenvalue weighted by Gasteiger charge is -2.25. The van der Waals surface area contributed by atoms with Crippen LogP contribution in [0.25, 0.3) is 0 Å². The zero-order valence-electron chi connectivity index (χ0n) is 12.8. The maximum Gasteiger partial charge on any atom is 0.225 e. The Balaban J connectivity index is 2.18. The molecule has 0 spiro atoms. The molecule has 1 aromatic rings. The summed E-state index contributed by atoms with van der Waals surface area (Å²) in [6, 6.07) is 4.83. The summed E-state index contributed by atoms with van der Waals surface area (Å²) in [5.41, 5.74) is 6.92. The molecule has 1 amide bonds. The Kier molecular flexibility index (Phi) is 4.83. The van der Waals surface area contributed by atoms with Crippen LogP contribution in [-0.4, -0.2) is 25.5 Å². The largest absolute Gasteiger partial charge is 0.370 e. The molecule has 4 nitrogen and oxygen atoms in total. The molecule has 1 heterocycles. The zero-order valence-corrected chi connectivity index (χ0v) is 12.8. The Labute approximate surface area is 125 Å². The SMILES string of the molecule is CCCNCc1cc(F)ccc1N1CCC(C)(C(N)=O)C1. The molecule has 1 saturated heterocycles. The van der Waals surface area contributed by atoms with Crippen molar-refractivity contribution in [3.63, 3.8) is 0 Å². The molecule has 0 saturated carbocycles. The number of hydrogen-bond donors (Lipinski definition) is 2. The van der Waals surface area contributed by atoms with Crippen LogP contribution in [0, 0.1) is 11.2 Å². The van der Waals surface area contributed by atoms with Crippen molar-refractivity contribution >= 4 is 11.6 Å². The Bertz CT molecular complexity index is 520. The van der Waals surface area contributed by atoms with Gasteiger partial charge in [-0.1, -0.05) is 6.92 Å². The van der Waals surface area contributed by atoms with Gasteiger partial charge in [0.2, 0.25) is 5.91 Å². The van der Waals surface area contributed by atoms with Crippen molar-refractivity contribution in [3.05, 3.63) is 29.6 Å². The number of rotatable bonds is 6. The number of amides is 1. The van der Waals surface area contributed by atoms with Crippen LogP contribution in [0.1, 0.15) is 32.3 Å². The minimum absolute atomic E-state index is 0.232. The van der Waals surface area contributed by atoms with Gasteiger partial charge in [0.25, 0.3) is 0 Å². The fourth-order valence-corrected chi connectivity index (χ4v) is 2.77. The standard InChI is InChI=1S/C16H24FN3O/c1-3-7-19-10-12-9-13(17)4-5-14(12)20-8-6-16(2,11-20)15(18)21/h4-5,9,19H,3,6-8,10-11H2,1-2H3,(H2,18,21). The molecule has 0 aromatic heterocycles. The van der Waals surface area contributed by atoms with Crippen LogP contribution in [0.3, 0.4) is 0 Å². The van der Waals surface area contributed by atoms with Crippen LogP contribution in [-0.2, 0) is 11.3 Å². The highest BCUT2D eigenvalue weighted by atomic mass is 19.1. The van der Waals surface area contributed by atoms with Crippen molar-refractivity contribution in [1.29, 1.82) is 0 Å². The molecule has 1 aliphatic heterocycles. The summed E-state index contributed by atoms with van der Waals surface area (Å²) in [6.07, 6.45) is 1.77. The van der Waals surface area contributed by atoms with Crippen LogP contribution < -0.4 is 16.0 Å². The fraction of sp³-hybridized carbons (Fsp3) is 0.562. The molecule has 1 aromatic carbocycles. The fourth-order valence-electron chi connectivity index (χ4n) is 2.77. The predicted molar refractivity (Wildman–Crippen MR) is 82.5 cm³/mol. The van der Waals surface area contributed by atoms with Crippen LogP contribution >= 0.6 is 0 Å². The van der Waals surface area contributed by atoms with Gasteiger partial charge < -0.3 is 16.0 Å². The summed E-state index contributed by atoms with van der Waals surface area (Å²) in [7, 11) is 0. The maximum atomic E-state index is 13.5. The number of primary amides is 1. The first-order valence-electron chi connectivity index (χ1n) is 7.50. The number of nitrogens with two attached hydrogens (primary N) is 1. The molecule has 5 heteroatoms. The second-order valence-corrected chi connectivity index (χ2v) is 6.05. The Morgan fingerprint density at radius 1 is 1.52 bits per heavy atom. The lowest BCUT2D eigenvalue weighted by molar-refractivity contribution is -0.125. The van der Waals surface area contributed by atoms with Crippen molar-refractivity contribution in [2.45, 2.75) is 33.2 Å². The van der Waals surface area contributed by atoms with Gasteiger partial charge in [-0.3, -0.25) is 4.79 Å². The number of halogens is 1. The molecule has 1 fully saturated rings. The number of carbonyl (C=O) groups excluding carboxylic acids is 1. The van der Waals surface area contributed by atoms with Gasteiger partial charge in [-0.2, -0.15) is 0 Å². The summed E-state index contributed by atoms with van der Waals surface area (Å²) in [5, 5.41) is 3.30. The average molecular weight is 293 g/mol. The molecule has 21 heavy (non-hydrogen) atoms. The Morgan fingerprint density at radius 3 is 2.90 bits per heavy atom. The van der Waals surface area contributed by atoms with E-state index >= 15 is 0 Å². The quantitative estimate of drug-likeness (QED) is 0.789. The summed E-state index contributed by atoms with van der Waals surface area (Å²) in [5.74, 6) is -0.498. The van der Waals surface area contributed by atoms with Gasteiger partial charge in [0.05, 0.1) is 5.41 Å². The van der Waals surface area contributed by atoms with Gasteiger partial charge in [-0.15, -0.1) is 0 Å². The highest BCUT2D eigenvalue weighted by Gasteiger charge is 2.39. The van der Waals surface area contributed by atoms with E-state index < -0.39 is 5.41 Å². The van der Waals surface area contributed by atoms with E-state index in [-0.39, 0.29) is 11.7 Å². The second kappa shape index (κ2) is 6.43. The molecule has 1 aliphatic rings. The first kappa shape index (κ1) is 15.8. The van der Waals surface area contributed by atoms with E-state index in [0.717, 1.165) is 37.2 Å². The molecule has 0 bridgehead atoms. The van der Waals surface area contributed by atoms with Gasteiger partial charge in [0, 0.05) is 25.3 Å². The monoisotopic (exact) mass is 293 g/mol. The lowest BCUT2D eigenvalue weighted by atomic mass is 9.89. The van der Waals surface area contributed by atoms with Crippen LogP contribution in [0.4, 0.5) is 10.1 Å². The zero-order chi connectivity index (χ0) is 15.5. The Morgan fingerprint density at radius 2 is 2.29 bits per heavy atom. The first-order chi connectivity index (χ1) is 9.96. The van der Waals surface area contributed by atoms with Gasteiger partial charge in [-0.05, 0) is 50.1 Å². The second-order valence-electron chi connectivity index (χ2n) is 6.05. The van der Waals surface area contributed by atoms with E-state index in [1.54, 1.807) is 12.1 Å². The van der Waals surface area contributed by atoms with Crippen LogP contribution in [0.2, 0.25) is 0 Å². The number of carbonyl (C=O) groups is 1. The van der Waals surface area contributed by atoms with Gasteiger partial charge in [0.1, 0.15) is 5.82 Å². The summed E-state index contributed by atoms with van der Waals surface area (Å²) < 4.78 is 13.5. The first-order valence-corrected chi connectivity index (χ1v) is 7.50. The van der Waals surface area contributed by atoms with Crippen molar-refractivity contribution in [3.8, 4) is 0 Å². The predicted octanol–water partition coefficient (Wildman–Crippen LogP) is 2.03. The number of benzene rings is 1. The number of anilines is 1. The topological polar surface area (TPSA) is 58.4 Å². The minimum Gasteiger partial charge on any atom is -0.370 e. The van der Waals surface area contributed by atoms with Gasteiger partial charge >= 0.3 is 0 Å². The third kappa shape index (κ3) is 3.53. The van der Waals surface area contributed by atoms with Crippen molar-refractivity contribution in [2.75, 3.05) is 24.5 Å². The number of nitrogens with one attached hydrogen (secondary N) is 1. The van der Waals surface area contributed by atoms with E-state index in [4.69, 9.17) is 5.73 Å². The van der Waals surface area contributed by atoms with Gasteiger partial charge in [-0.25, -0.2) is 4.39 Å². The van der Waals surface area contributed by atoms with E-state index in [2.05, 4.69) is 17.1 Å². The van der Waals surface area contributed by atoms with Crippen molar-refractivity contribution in [1.82, 2.24) is 5.32 Å². The number of nitrogens with zero attached hydrogens (tertiary/aromatic N) is 1. The molecular formula is C16H24FN3O. The van der Waals surface area contributed by atoms with E-state index in [1.807, 2.05) is 6.92 Å². The maximum absolute atomic E-state index is 13.5. The molecule has 3 N–H and O–H groups in total. The molecule has 1 unspecified atom stereocenters. The third-order valence-corrected chi connectivity index (χ3v) is 4.19. The molecule has 1 atom stereocenters. The summed E-state index contributed by atoms with van der Waals surface area (Å²) in [6.45, 7) is 6.88. The van der Waals surface area contributed by atoms with E-state index in [1.165, 1.54) is 6.07 Å². The normalized spacial score (nSPS) is 21.8. The summed E-state index contributed by atoms with van der Waals surface area (Å²) in [4.78, 5) is 13.7. The molecular weight excluding hydrogens is 269 g/mol. The lowest BCUT2D eigenvalue weighted by Crippen LogP contribution is -2.37. The highest BCUT2D eigenvalue weighted by molar-refractivity contribution is 5.82. The highest BCUT2D eigenvalue weighted by Crippen LogP contribution is 2.34. The molecule has 0 aliphatic carbocycles. The number of hydrogen-bond acceptors (Lipinski definition) is 3. The smallest absolute Gasteiger partial charge is 0.225 e. The van der Waals surface area contributed by atoms with E-state index in [9.17, 15) is 9.18 Å². The van der Waals surface area contributed by atoms with Crippen LogP contribution in [0.15, 0.2) is 18.2 Å². The van der Waals surface area contributed by atoms with Crippen molar-refractivity contribution < 1.29 is 9.18 Å². The molecule has 0 radical (unpaired) electrons.